The Kier molecular flexibility index (Phi) is 8.72. The Morgan fingerprint density at radius 1 is 1.05 bits per heavy atom. The number of aliphatic imine (C=N–C) groups is 1. The van der Waals surface area contributed by atoms with Crippen LogP contribution in [0.3, 0.4) is 0 Å². The van der Waals surface area contributed by atoms with E-state index in [-0.39, 0.29) is 5.91 Å². The fraction of sp³-hybridized carbons (Fsp3) is 0.529. The molecule has 1 aromatic carbocycles. The second kappa shape index (κ2) is 10.7. The molecule has 0 bridgehead atoms. The average molecular weight is 304 g/mol. The minimum atomic E-state index is -0.0277. The molecule has 1 amide bonds. The molecule has 1 aromatic rings. The summed E-state index contributed by atoms with van der Waals surface area (Å²) in [4.78, 5) is 16.0. The molecule has 0 saturated heterocycles. The highest BCUT2D eigenvalue weighted by Crippen LogP contribution is 1.97. The van der Waals surface area contributed by atoms with Gasteiger partial charge in [-0.15, -0.1) is 0 Å². The molecule has 0 aliphatic carbocycles. The number of rotatable bonds is 8. The molecular formula is C17H28N4O. The Labute approximate surface area is 133 Å². The van der Waals surface area contributed by atoms with Crippen LogP contribution in [0, 0.1) is 5.92 Å². The monoisotopic (exact) mass is 304 g/mol. The smallest absolute Gasteiger partial charge is 0.251 e. The maximum absolute atomic E-state index is 11.8. The molecule has 0 aromatic heterocycles. The SMILES string of the molecule is CN=C(NCCCNC(=O)c1ccccc1)NCCC(C)C. The van der Waals surface area contributed by atoms with E-state index in [4.69, 9.17) is 0 Å². The van der Waals surface area contributed by atoms with Crippen LogP contribution in [-0.4, -0.2) is 38.5 Å². The summed E-state index contributed by atoms with van der Waals surface area (Å²) in [5.41, 5.74) is 0.696. The van der Waals surface area contributed by atoms with Gasteiger partial charge in [0, 0.05) is 32.2 Å². The van der Waals surface area contributed by atoms with Gasteiger partial charge in [0.05, 0.1) is 0 Å². The van der Waals surface area contributed by atoms with E-state index in [1.807, 2.05) is 30.3 Å². The zero-order chi connectivity index (χ0) is 16.2. The first kappa shape index (κ1) is 18.0. The van der Waals surface area contributed by atoms with Crippen molar-refractivity contribution < 1.29 is 4.79 Å². The zero-order valence-electron chi connectivity index (χ0n) is 13.9. The molecule has 0 fully saturated rings. The van der Waals surface area contributed by atoms with E-state index >= 15 is 0 Å². The molecule has 5 nitrogen and oxygen atoms in total. The number of benzene rings is 1. The predicted octanol–water partition coefficient (Wildman–Crippen LogP) is 2.02. The van der Waals surface area contributed by atoms with E-state index in [0.29, 0.717) is 18.0 Å². The van der Waals surface area contributed by atoms with E-state index in [1.54, 1.807) is 7.05 Å². The van der Waals surface area contributed by atoms with Crippen LogP contribution in [0.25, 0.3) is 0 Å². The van der Waals surface area contributed by atoms with Gasteiger partial charge in [-0.2, -0.15) is 0 Å². The Morgan fingerprint density at radius 2 is 1.68 bits per heavy atom. The minimum Gasteiger partial charge on any atom is -0.356 e. The van der Waals surface area contributed by atoms with Gasteiger partial charge in [0.1, 0.15) is 0 Å². The molecule has 0 radical (unpaired) electrons. The van der Waals surface area contributed by atoms with Gasteiger partial charge < -0.3 is 16.0 Å². The van der Waals surface area contributed by atoms with Gasteiger partial charge in [0.2, 0.25) is 0 Å². The van der Waals surface area contributed by atoms with Crippen LogP contribution in [0.5, 0.6) is 0 Å². The summed E-state index contributed by atoms with van der Waals surface area (Å²) in [6.07, 6.45) is 1.97. The summed E-state index contributed by atoms with van der Waals surface area (Å²) in [7, 11) is 1.77. The Bertz CT molecular complexity index is 457. The predicted molar refractivity (Wildman–Crippen MR) is 92.2 cm³/mol. The summed E-state index contributed by atoms with van der Waals surface area (Å²) in [5.74, 6) is 1.47. The highest BCUT2D eigenvalue weighted by molar-refractivity contribution is 5.94. The van der Waals surface area contributed by atoms with Crippen LogP contribution in [-0.2, 0) is 0 Å². The Hall–Kier alpha value is -2.04. The summed E-state index contributed by atoms with van der Waals surface area (Å²) in [5, 5.41) is 9.43. The van der Waals surface area contributed by atoms with E-state index in [9.17, 15) is 4.79 Å². The van der Waals surface area contributed by atoms with Gasteiger partial charge in [-0.25, -0.2) is 0 Å². The quantitative estimate of drug-likeness (QED) is 0.391. The maximum Gasteiger partial charge on any atom is 0.251 e. The first-order chi connectivity index (χ1) is 10.6. The van der Waals surface area contributed by atoms with Gasteiger partial charge >= 0.3 is 0 Å². The third-order valence-corrected chi connectivity index (χ3v) is 3.21. The number of guanidine groups is 1. The van der Waals surface area contributed by atoms with Crippen molar-refractivity contribution in [2.45, 2.75) is 26.7 Å². The van der Waals surface area contributed by atoms with Gasteiger partial charge in [0.15, 0.2) is 5.96 Å². The van der Waals surface area contributed by atoms with Gasteiger partial charge in [-0.05, 0) is 30.9 Å². The number of carbonyl (C=O) groups excluding carboxylic acids is 1. The van der Waals surface area contributed by atoms with Gasteiger partial charge in [-0.1, -0.05) is 32.0 Å². The largest absolute Gasteiger partial charge is 0.356 e. The van der Waals surface area contributed by atoms with E-state index in [0.717, 1.165) is 31.9 Å². The number of nitrogens with zero attached hydrogens (tertiary/aromatic N) is 1. The highest BCUT2D eigenvalue weighted by atomic mass is 16.1. The van der Waals surface area contributed by atoms with Crippen molar-refractivity contribution in [3.05, 3.63) is 35.9 Å². The third kappa shape index (κ3) is 7.67. The lowest BCUT2D eigenvalue weighted by molar-refractivity contribution is 0.0953. The van der Waals surface area contributed by atoms with Crippen LogP contribution in [0.4, 0.5) is 0 Å². The topological polar surface area (TPSA) is 65.5 Å². The van der Waals surface area contributed by atoms with Crippen molar-refractivity contribution in [1.29, 1.82) is 0 Å². The first-order valence-corrected chi connectivity index (χ1v) is 7.91. The lowest BCUT2D eigenvalue weighted by Crippen LogP contribution is -2.39. The Morgan fingerprint density at radius 3 is 2.32 bits per heavy atom. The first-order valence-electron chi connectivity index (χ1n) is 7.91. The average Bonchev–Trinajstić information content (AvgIpc) is 2.53. The molecule has 0 aliphatic heterocycles. The lowest BCUT2D eigenvalue weighted by atomic mass is 10.1. The third-order valence-electron chi connectivity index (χ3n) is 3.21. The number of amides is 1. The fourth-order valence-electron chi connectivity index (χ4n) is 1.89. The molecule has 0 heterocycles. The van der Waals surface area contributed by atoms with E-state index in [2.05, 4.69) is 34.8 Å². The molecule has 0 unspecified atom stereocenters. The normalized spacial score (nSPS) is 11.4. The second-order valence-corrected chi connectivity index (χ2v) is 5.58. The molecule has 0 saturated carbocycles. The summed E-state index contributed by atoms with van der Waals surface area (Å²) >= 11 is 0. The molecule has 3 N–H and O–H groups in total. The van der Waals surface area contributed by atoms with E-state index in [1.165, 1.54) is 0 Å². The number of hydrogen-bond acceptors (Lipinski definition) is 2. The lowest BCUT2D eigenvalue weighted by Gasteiger charge is -2.13. The zero-order valence-corrected chi connectivity index (χ0v) is 13.9. The molecule has 5 heteroatoms. The second-order valence-electron chi connectivity index (χ2n) is 5.58. The molecule has 0 spiro atoms. The van der Waals surface area contributed by atoms with Crippen molar-refractivity contribution in [2.24, 2.45) is 10.9 Å². The van der Waals surface area contributed by atoms with Crippen LogP contribution < -0.4 is 16.0 Å². The van der Waals surface area contributed by atoms with Gasteiger partial charge in [0.25, 0.3) is 5.91 Å². The van der Waals surface area contributed by atoms with Crippen molar-refractivity contribution >= 4 is 11.9 Å². The van der Waals surface area contributed by atoms with Gasteiger partial charge in [-0.3, -0.25) is 9.79 Å². The minimum absolute atomic E-state index is 0.0277. The van der Waals surface area contributed by atoms with Crippen LogP contribution in [0.1, 0.15) is 37.0 Å². The summed E-state index contributed by atoms with van der Waals surface area (Å²) < 4.78 is 0. The van der Waals surface area contributed by atoms with Crippen LogP contribution in [0.2, 0.25) is 0 Å². The van der Waals surface area contributed by atoms with Crippen LogP contribution in [0.15, 0.2) is 35.3 Å². The number of hydrogen-bond donors (Lipinski definition) is 3. The van der Waals surface area contributed by atoms with Crippen LogP contribution >= 0.6 is 0 Å². The molecule has 122 valence electrons. The molecular weight excluding hydrogens is 276 g/mol. The molecule has 22 heavy (non-hydrogen) atoms. The summed E-state index contributed by atoms with van der Waals surface area (Å²) in [6, 6.07) is 9.26. The van der Waals surface area contributed by atoms with Crippen molar-refractivity contribution in [3.8, 4) is 0 Å². The Balaban J connectivity index is 2.12. The van der Waals surface area contributed by atoms with Crippen molar-refractivity contribution in [3.63, 3.8) is 0 Å². The maximum atomic E-state index is 11.8. The highest BCUT2D eigenvalue weighted by Gasteiger charge is 2.03. The number of nitrogens with one attached hydrogen (secondary N) is 3. The fourth-order valence-corrected chi connectivity index (χ4v) is 1.89. The standard InChI is InChI=1S/C17H28N4O/c1-14(2)10-13-21-17(18-3)20-12-7-11-19-16(22)15-8-5-4-6-9-15/h4-6,8-9,14H,7,10-13H2,1-3H3,(H,19,22)(H2,18,20,21). The van der Waals surface area contributed by atoms with Crippen molar-refractivity contribution in [1.82, 2.24) is 16.0 Å². The summed E-state index contributed by atoms with van der Waals surface area (Å²) in [6.45, 7) is 6.74. The molecule has 0 atom stereocenters. The molecule has 1 rings (SSSR count). The van der Waals surface area contributed by atoms with Crippen molar-refractivity contribution in [2.75, 3.05) is 26.7 Å². The molecule has 0 aliphatic rings. The number of carbonyl (C=O) groups is 1. The van der Waals surface area contributed by atoms with E-state index < -0.39 is 0 Å².